The quantitative estimate of drug-likeness (QED) is 0.477. The van der Waals surface area contributed by atoms with Gasteiger partial charge in [-0.3, -0.25) is 15.1 Å². The fourth-order valence-corrected chi connectivity index (χ4v) is 2.73. The zero-order valence-electron chi connectivity index (χ0n) is 13.2. The van der Waals surface area contributed by atoms with Gasteiger partial charge in [-0.2, -0.15) is 0 Å². The summed E-state index contributed by atoms with van der Waals surface area (Å²) in [4.78, 5) is 38.8. The highest BCUT2D eigenvalue weighted by Crippen LogP contribution is 2.38. The van der Waals surface area contributed by atoms with Crippen LogP contribution in [0.5, 0.6) is 0 Å². The average molecular weight is 346 g/mol. The van der Waals surface area contributed by atoms with Crippen LogP contribution < -0.4 is 0 Å². The van der Waals surface area contributed by atoms with E-state index >= 15 is 0 Å². The second-order valence-corrected chi connectivity index (χ2v) is 5.26. The van der Waals surface area contributed by atoms with E-state index < -0.39 is 22.7 Å². The first kappa shape index (κ1) is 16.5. The fraction of sp³-hybridized carbons (Fsp3) is 0.188. The van der Waals surface area contributed by atoms with Gasteiger partial charge in [0.25, 0.3) is 5.69 Å². The Morgan fingerprint density at radius 1 is 1.40 bits per heavy atom. The van der Waals surface area contributed by atoms with E-state index in [1.807, 2.05) is 0 Å². The Labute approximate surface area is 140 Å². The maximum Gasteiger partial charge on any atom is 0.341 e. The van der Waals surface area contributed by atoms with Crippen LogP contribution in [0.1, 0.15) is 32.1 Å². The minimum Gasteiger partial charge on any atom is -0.465 e. The Bertz CT molecular complexity index is 941. The van der Waals surface area contributed by atoms with Crippen LogP contribution in [0, 0.1) is 22.9 Å². The van der Waals surface area contributed by atoms with Gasteiger partial charge < -0.3 is 9.47 Å². The van der Waals surface area contributed by atoms with Crippen LogP contribution in [0.2, 0.25) is 0 Å². The van der Waals surface area contributed by atoms with Crippen LogP contribution in [0.4, 0.5) is 10.1 Å². The molecule has 9 heteroatoms. The van der Waals surface area contributed by atoms with E-state index in [9.17, 15) is 24.1 Å². The van der Waals surface area contributed by atoms with Gasteiger partial charge >= 0.3 is 11.9 Å². The summed E-state index contributed by atoms with van der Waals surface area (Å²) in [6.45, 7) is 1.37. The number of carbonyl (C=O) groups excluding carboxylic acids is 2. The molecule has 0 atom stereocenters. The summed E-state index contributed by atoms with van der Waals surface area (Å²) in [6.07, 6.45) is 0. The number of nitro groups is 1. The van der Waals surface area contributed by atoms with Gasteiger partial charge in [0, 0.05) is 23.3 Å². The number of rotatable bonds is 3. The van der Waals surface area contributed by atoms with Gasteiger partial charge in [0.15, 0.2) is 0 Å². The summed E-state index contributed by atoms with van der Waals surface area (Å²) < 4.78 is 24.1. The van der Waals surface area contributed by atoms with Crippen molar-refractivity contribution in [3.05, 3.63) is 56.6 Å². The average Bonchev–Trinajstić information content (AvgIpc) is 2.94. The maximum absolute atomic E-state index is 14.4. The van der Waals surface area contributed by atoms with Crippen LogP contribution in [0.15, 0.2) is 18.2 Å². The molecule has 2 aromatic rings. The molecule has 0 saturated carbocycles. The Balaban J connectivity index is 2.43. The number of halogens is 1. The third-order valence-corrected chi connectivity index (χ3v) is 3.82. The molecule has 2 heterocycles. The highest BCUT2D eigenvalue weighted by molar-refractivity contribution is 6.08. The molecule has 0 N–H and O–H groups in total. The summed E-state index contributed by atoms with van der Waals surface area (Å²) in [5, 5.41) is 11.0. The van der Waals surface area contributed by atoms with E-state index in [1.54, 1.807) is 0 Å². The molecule has 1 aromatic carbocycles. The Hall–Kier alpha value is -3.36. The number of methoxy groups -OCH3 is 1. The number of fused-ring (bicyclic) bond motifs is 1. The highest BCUT2D eigenvalue weighted by atomic mass is 19.1. The number of carbonyl (C=O) groups is 2. The lowest BCUT2D eigenvalue weighted by Gasteiger charge is -2.14. The summed E-state index contributed by atoms with van der Waals surface area (Å²) in [6, 6.07) is 2.85. The molecule has 3 rings (SSSR count). The highest BCUT2D eigenvalue weighted by Gasteiger charge is 2.34. The van der Waals surface area contributed by atoms with Gasteiger partial charge in [-0.15, -0.1) is 0 Å². The third kappa shape index (κ3) is 2.59. The zero-order chi connectivity index (χ0) is 18.3. The number of esters is 2. The van der Waals surface area contributed by atoms with Gasteiger partial charge in [0.1, 0.15) is 12.4 Å². The molecule has 8 nitrogen and oxygen atoms in total. The smallest absolute Gasteiger partial charge is 0.341 e. The first-order chi connectivity index (χ1) is 11.8. The molecule has 0 fully saturated rings. The number of pyridine rings is 1. The molecule has 0 aliphatic carbocycles. The normalized spacial score (nSPS) is 12.5. The Morgan fingerprint density at radius 2 is 2.12 bits per heavy atom. The predicted molar refractivity (Wildman–Crippen MR) is 81.5 cm³/mol. The second-order valence-electron chi connectivity index (χ2n) is 5.26. The summed E-state index contributed by atoms with van der Waals surface area (Å²) in [5.74, 6) is -2.45. The lowest BCUT2D eigenvalue weighted by atomic mass is 9.92. The lowest BCUT2D eigenvalue weighted by Crippen LogP contribution is -2.13. The fourth-order valence-electron chi connectivity index (χ4n) is 2.73. The van der Waals surface area contributed by atoms with E-state index in [2.05, 4.69) is 4.98 Å². The van der Waals surface area contributed by atoms with Crippen molar-refractivity contribution in [1.29, 1.82) is 0 Å². The Kier molecular flexibility index (Phi) is 3.91. The third-order valence-electron chi connectivity index (χ3n) is 3.82. The van der Waals surface area contributed by atoms with E-state index in [0.29, 0.717) is 0 Å². The van der Waals surface area contributed by atoms with Gasteiger partial charge in [0.2, 0.25) is 0 Å². The minimum atomic E-state index is -0.839. The van der Waals surface area contributed by atoms with Gasteiger partial charge in [-0.1, -0.05) is 0 Å². The van der Waals surface area contributed by atoms with Crippen molar-refractivity contribution in [3.63, 3.8) is 0 Å². The van der Waals surface area contributed by atoms with E-state index in [4.69, 9.17) is 9.47 Å². The molecule has 0 radical (unpaired) electrons. The summed E-state index contributed by atoms with van der Waals surface area (Å²) in [5.41, 5.74) is -0.569. The largest absolute Gasteiger partial charge is 0.465 e. The number of nitro benzene ring substituents is 1. The van der Waals surface area contributed by atoms with Crippen LogP contribution in [-0.2, 0) is 16.1 Å². The molecule has 0 saturated heterocycles. The molecular weight excluding hydrogens is 335 g/mol. The minimum absolute atomic E-state index is 0.0922. The van der Waals surface area contributed by atoms with E-state index in [0.717, 1.165) is 25.3 Å². The van der Waals surface area contributed by atoms with Gasteiger partial charge in [0.05, 0.1) is 34.5 Å². The van der Waals surface area contributed by atoms with Crippen LogP contribution >= 0.6 is 0 Å². The predicted octanol–water partition coefficient (Wildman–Crippen LogP) is 2.56. The van der Waals surface area contributed by atoms with Crippen molar-refractivity contribution in [3.8, 4) is 11.1 Å². The molecule has 1 aliphatic rings. The van der Waals surface area contributed by atoms with E-state index in [-0.39, 0.29) is 45.9 Å². The van der Waals surface area contributed by atoms with Crippen molar-refractivity contribution in [2.24, 2.45) is 0 Å². The monoisotopic (exact) mass is 346 g/mol. The number of aromatic nitrogens is 1. The number of hydrogen-bond acceptors (Lipinski definition) is 7. The number of non-ortho nitro benzene ring substituents is 1. The number of benzene rings is 1. The number of aryl methyl sites for hydroxylation is 1. The van der Waals surface area contributed by atoms with Crippen LogP contribution in [0.25, 0.3) is 11.1 Å². The number of nitrogens with zero attached hydrogens (tertiary/aromatic N) is 2. The lowest BCUT2D eigenvalue weighted by molar-refractivity contribution is -0.384. The molecular formula is C16H11FN2O6. The second kappa shape index (κ2) is 5.93. The van der Waals surface area contributed by atoms with Crippen LogP contribution in [-0.4, -0.2) is 29.0 Å². The molecule has 1 aromatic heterocycles. The van der Waals surface area contributed by atoms with Crippen LogP contribution in [0.3, 0.4) is 0 Å². The summed E-state index contributed by atoms with van der Waals surface area (Å²) >= 11 is 0. The molecule has 0 amide bonds. The first-order valence-corrected chi connectivity index (χ1v) is 7.08. The Morgan fingerprint density at radius 3 is 2.76 bits per heavy atom. The zero-order valence-corrected chi connectivity index (χ0v) is 13.2. The molecule has 1 aliphatic heterocycles. The first-order valence-electron chi connectivity index (χ1n) is 7.08. The SMILES string of the molecule is COC(=O)c1c(C)nc2c(c1-c1cc([N+](=O)[O-])ccc1F)C(=O)OC2. The molecule has 128 valence electrons. The number of hydrogen-bond donors (Lipinski definition) is 0. The van der Waals surface area contributed by atoms with Crippen molar-refractivity contribution in [2.45, 2.75) is 13.5 Å². The summed E-state index contributed by atoms with van der Waals surface area (Å²) in [7, 11) is 1.13. The van der Waals surface area contributed by atoms with Crippen molar-refractivity contribution >= 4 is 17.6 Å². The molecule has 0 bridgehead atoms. The maximum atomic E-state index is 14.4. The molecule has 0 spiro atoms. The van der Waals surface area contributed by atoms with Crippen molar-refractivity contribution in [1.82, 2.24) is 4.98 Å². The topological polar surface area (TPSA) is 109 Å². The number of cyclic esters (lactones) is 1. The van der Waals surface area contributed by atoms with Gasteiger partial charge in [-0.05, 0) is 13.0 Å². The standard InChI is InChI=1S/C16H11FN2O6/c1-7-12(15(20)24-2)13(14-11(18-7)6-25-16(14)21)9-5-8(19(22)23)3-4-10(9)17/h3-5H,6H2,1-2H3. The molecule has 0 unspecified atom stereocenters. The van der Waals surface area contributed by atoms with Crippen molar-refractivity contribution < 1.29 is 28.4 Å². The van der Waals surface area contributed by atoms with Crippen molar-refractivity contribution in [2.75, 3.05) is 7.11 Å². The van der Waals surface area contributed by atoms with E-state index in [1.165, 1.54) is 6.92 Å². The molecule has 25 heavy (non-hydrogen) atoms. The number of ether oxygens (including phenoxy) is 2. The van der Waals surface area contributed by atoms with Gasteiger partial charge in [-0.25, -0.2) is 14.0 Å².